The van der Waals surface area contributed by atoms with Gasteiger partial charge in [-0.25, -0.2) is 0 Å². The monoisotopic (exact) mass is 282 g/mol. The Bertz CT molecular complexity index is 441. The molecule has 0 heterocycles. The summed E-state index contributed by atoms with van der Waals surface area (Å²) in [5, 5.41) is 20.4. The van der Waals surface area contributed by atoms with E-state index in [1.807, 2.05) is 0 Å². The minimum Gasteiger partial charge on any atom is -0.504 e. The molecule has 0 atom stereocenters. The Labute approximate surface area is 121 Å². The largest absolute Gasteiger partial charge is 0.504 e. The van der Waals surface area contributed by atoms with Gasteiger partial charge in [0.25, 0.3) is 0 Å². The Kier molecular flexibility index (Phi) is 6.49. The third kappa shape index (κ3) is 3.50. The first-order valence-electron chi connectivity index (χ1n) is 7.23. The Hall–Kier alpha value is -1.58. The third-order valence-corrected chi connectivity index (χ3v) is 3.67. The molecule has 4 heteroatoms. The molecule has 20 heavy (non-hydrogen) atoms. The van der Waals surface area contributed by atoms with Gasteiger partial charge in [-0.3, -0.25) is 0 Å². The van der Waals surface area contributed by atoms with Crippen molar-refractivity contribution in [3.05, 3.63) is 11.1 Å². The smallest absolute Gasteiger partial charge is 0.207 e. The number of rotatable bonds is 8. The fraction of sp³-hybridized carbons (Fsp3) is 0.625. The maximum absolute atomic E-state index is 10.3. The molecule has 2 N–H and O–H groups in total. The third-order valence-electron chi connectivity index (χ3n) is 3.67. The van der Waals surface area contributed by atoms with E-state index in [0.717, 1.165) is 24.8 Å². The molecule has 0 aliphatic heterocycles. The van der Waals surface area contributed by atoms with Crippen molar-refractivity contribution in [3.63, 3.8) is 0 Å². The fourth-order valence-corrected chi connectivity index (χ4v) is 2.43. The average molecular weight is 282 g/mol. The highest BCUT2D eigenvalue weighted by Gasteiger charge is 2.22. The van der Waals surface area contributed by atoms with Crippen LogP contribution in [0.25, 0.3) is 0 Å². The van der Waals surface area contributed by atoms with E-state index in [0.29, 0.717) is 5.56 Å². The summed E-state index contributed by atoms with van der Waals surface area (Å²) in [6, 6.07) is 0. The first-order chi connectivity index (χ1) is 9.58. The van der Waals surface area contributed by atoms with Crippen LogP contribution in [0.3, 0.4) is 0 Å². The van der Waals surface area contributed by atoms with E-state index in [9.17, 15) is 10.2 Å². The molecule has 0 amide bonds. The van der Waals surface area contributed by atoms with E-state index >= 15 is 0 Å². The van der Waals surface area contributed by atoms with Crippen LogP contribution in [0.4, 0.5) is 0 Å². The van der Waals surface area contributed by atoms with Gasteiger partial charge in [0, 0.05) is 11.1 Å². The number of phenolic OH excluding ortho intramolecular Hbond substituents is 2. The Morgan fingerprint density at radius 2 is 1.40 bits per heavy atom. The molecule has 1 rings (SSSR count). The van der Waals surface area contributed by atoms with Crippen molar-refractivity contribution in [1.82, 2.24) is 0 Å². The van der Waals surface area contributed by atoms with Gasteiger partial charge in [-0.1, -0.05) is 32.6 Å². The predicted octanol–water partition coefficient (Wildman–Crippen LogP) is 3.94. The summed E-state index contributed by atoms with van der Waals surface area (Å²) in [5.74, 6) is 0.525. The second-order valence-electron chi connectivity index (χ2n) is 5.03. The maximum Gasteiger partial charge on any atom is 0.207 e. The minimum absolute atomic E-state index is 0.0470. The van der Waals surface area contributed by atoms with Crippen molar-refractivity contribution in [2.24, 2.45) is 0 Å². The van der Waals surface area contributed by atoms with Crippen LogP contribution < -0.4 is 9.47 Å². The van der Waals surface area contributed by atoms with Crippen LogP contribution in [0.15, 0.2) is 0 Å². The minimum atomic E-state index is 0.0470. The zero-order valence-corrected chi connectivity index (χ0v) is 13.0. The Morgan fingerprint density at radius 3 is 1.95 bits per heavy atom. The zero-order valence-electron chi connectivity index (χ0n) is 13.0. The summed E-state index contributed by atoms with van der Waals surface area (Å²) in [4.78, 5) is 0. The van der Waals surface area contributed by atoms with Crippen molar-refractivity contribution in [1.29, 1.82) is 0 Å². The lowest BCUT2D eigenvalue weighted by Gasteiger charge is -2.17. The van der Waals surface area contributed by atoms with Crippen molar-refractivity contribution < 1.29 is 19.7 Å². The first-order valence-corrected chi connectivity index (χ1v) is 7.23. The van der Waals surface area contributed by atoms with Crippen LogP contribution in [0.5, 0.6) is 23.0 Å². The molecule has 1 aromatic carbocycles. The maximum atomic E-state index is 10.3. The Morgan fingerprint density at radius 1 is 0.850 bits per heavy atom. The SMILES string of the molecule is CCCCCCCc1c(C)c(O)c(OC)c(OC)c1O. The van der Waals surface area contributed by atoms with Crippen molar-refractivity contribution >= 4 is 0 Å². The fourth-order valence-electron chi connectivity index (χ4n) is 2.43. The summed E-state index contributed by atoms with van der Waals surface area (Å²) in [5.41, 5.74) is 1.41. The van der Waals surface area contributed by atoms with Crippen LogP contribution in [0.1, 0.15) is 50.2 Å². The van der Waals surface area contributed by atoms with E-state index in [-0.39, 0.29) is 23.0 Å². The molecule has 0 unspecified atom stereocenters. The van der Waals surface area contributed by atoms with Crippen LogP contribution in [0, 0.1) is 6.92 Å². The van der Waals surface area contributed by atoms with Crippen LogP contribution in [-0.2, 0) is 6.42 Å². The zero-order chi connectivity index (χ0) is 15.1. The van der Waals surface area contributed by atoms with Gasteiger partial charge in [0.05, 0.1) is 14.2 Å². The highest BCUT2D eigenvalue weighted by Crippen LogP contribution is 2.48. The van der Waals surface area contributed by atoms with Gasteiger partial charge in [0.1, 0.15) is 0 Å². The molecule has 0 fully saturated rings. The lowest BCUT2D eigenvalue weighted by molar-refractivity contribution is 0.313. The second-order valence-corrected chi connectivity index (χ2v) is 5.03. The van der Waals surface area contributed by atoms with E-state index in [1.54, 1.807) is 6.92 Å². The number of unbranched alkanes of at least 4 members (excludes halogenated alkanes) is 4. The van der Waals surface area contributed by atoms with Crippen molar-refractivity contribution in [2.75, 3.05) is 14.2 Å². The van der Waals surface area contributed by atoms with Crippen LogP contribution >= 0.6 is 0 Å². The summed E-state index contributed by atoms with van der Waals surface area (Å²) in [6.07, 6.45) is 6.50. The normalized spacial score (nSPS) is 10.6. The summed E-state index contributed by atoms with van der Waals surface area (Å²) >= 11 is 0. The highest BCUT2D eigenvalue weighted by molar-refractivity contribution is 5.65. The van der Waals surface area contributed by atoms with Gasteiger partial charge in [0.2, 0.25) is 11.5 Å². The molecule has 0 spiro atoms. The molecule has 114 valence electrons. The van der Waals surface area contributed by atoms with Crippen molar-refractivity contribution in [3.8, 4) is 23.0 Å². The number of benzene rings is 1. The number of hydrogen-bond acceptors (Lipinski definition) is 4. The molecule has 0 aliphatic carbocycles. The average Bonchev–Trinajstić information content (AvgIpc) is 2.45. The predicted molar refractivity (Wildman–Crippen MR) is 80.1 cm³/mol. The summed E-state index contributed by atoms with van der Waals surface area (Å²) < 4.78 is 10.3. The van der Waals surface area contributed by atoms with Crippen LogP contribution in [-0.4, -0.2) is 24.4 Å². The number of hydrogen-bond donors (Lipinski definition) is 2. The number of aromatic hydroxyl groups is 2. The van der Waals surface area contributed by atoms with Gasteiger partial charge >= 0.3 is 0 Å². The highest BCUT2D eigenvalue weighted by atomic mass is 16.5. The molecule has 0 aromatic heterocycles. The lowest BCUT2D eigenvalue weighted by Crippen LogP contribution is -1.99. The lowest BCUT2D eigenvalue weighted by atomic mass is 9.98. The number of methoxy groups -OCH3 is 2. The summed E-state index contributed by atoms with van der Waals surface area (Å²) in [7, 11) is 2.90. The van der Waals surface area contributed by atoms with Crippen LogP contribution in [0.2, 0.25) is 0 Å². The molecule has 4 nitrogen and oxygen atoms in total. The Balaban J connectivity index is 2.93. The molecule has 0 saturated heterocycles. The van der Waals surface area contributed by atoms with Gasteiger partial charge in [-0.2, -0.15) is 0 Å². The molecule has 0 saturated carbocycles. The molecule has 1 aromatic rings. The van der Waals surface area contributed by atoms with Crippen molar-refractivity contribution in [2.45, 2.75) is 52.4 Å². The van der Waals surface area contributed by atoms with E-state index in [1.165, 1.54) is 33.5 Å². The quantitative estimate of drug-likeness (QED) is 0.560. The van der Waals surface area contributed by atoms with Gasteiger partial charge in [-0.15, -0.1) is 0 Å². The van der Waals surface area contributed by atoms with E-state index in [2.05, 4.69) is 6.92 Å². The van der Waals surface area contributed by atoms with E-state index < -0.39 is 0 Å². The number of phenols is 2. The molecular weight excluding hydrogens is 256 g/mol. The molecule has 0 aliphatic rings. The topological polar surface area (TPSA) is 58.9 Å². The molecule has 0 radical (unpaired) electrons. The first kappa shape index (κ1) is 16.5. The summed E-state index contributed by atoms with van der Waals surface area (Å²) in [6.45, 7) is 3.97. The van der Waals surface area contributed by atoms with Gasteiger partial charge < -0.3 is 19.7 Å². The molecular formula is C16H26O4. The van der Waals surface area contributed by atoms with Gasteiger partial charge in [0.15, 0.2) is 11.5 Å². The second kappa shape index (κ2) is 7.88. The van der Waals surface area contributed by atoms with Gasteiger partial charge in [-0.05, 0) is 19.8 Å². The molecule has 0 bridgehead atoms. The van der Waals surface area contributed by atoms with E-state index in [4.69, 9.17) is 9.47 Å². The number of ether oxygens (including phenoxy) is 2. The standard InChI is InChI=1S/C16H26O4/c1-5-6-7-8-9-10-12-11(2)13(17)15(19-3)16(20-4)14(12)18/h17-18H,5-10H2,1-4H3.